The van der Waals surface area contributed by atoms with Crippen molar-refractivity contribution in [3.63, 3.8) is 0 Å². The van der Waals surface area contributed by atoms with Crippen molar-refractivity contribution in [3.05, 3.63) is 0 Å². The minimum Gasteiger partial charge on any atom is -0.481 e. The summed E-state index contributed by atoms with van der Waals surface area (Å²) in [5.41, 5.74) is 0. The summed E-state index contributed by atoms with van der Waals surface area (Å²) in [6.07, 6.45) is 0.595. The second kappa shape index (κ2) is 4.07. The van der Waals surface area contributed by atoms with Gasteiger partial charge in [-0.15, -0.1) is 0 Å². The third-order valence-electron chi connectivity index (χ3n) is 2.55. The number of ether oxygens (including phenoxy) is 1. The molecule has 0 radical (unpaired) electrons. The summed E-state index contributed by atoms with van der Waals surface area (Å²) in [6, 6.07) is 0. The number of carboxylic acid groups (broad SMARTS) is 1. The Morgan fingerprint density at radius 1 is 1.54 bits per heavy atom. The molecule has 1 aliphatic rings. The van der Waals surface area contributed by atoms with Crippen LogP contribution in [0.2, 0.25) is 0 Å². The van der Waals surface area contributed by atoms with Crippen molar-refractivity contribution in [1.82, 2.24) is 0 Å². The molecule has 4 atom stereocenters. The van der Waals surface area contributed by atoms with Crippen LogP contribution < -0.4 is 0 Å². The van der Waals surface area contributed by atoms with Crippen molar-refractivity contribution < 1.29 is 19.7 Å². The predicted molar refractivity (Wildman–Crippen MR) is 46.4 cm³/mol. The predicted octanol–water partition coefficient (Wildman–Crippen LogP) is 0.635. The molecule has 76 valence electrons. The number of aliphatic hydroxyl groups is 1. The Labute approximate surface area is 77.5 Å². The molecule has 4 heteroatoms. The first-order valence-corrected chi connectivity index (χ1v) is 4.58. The standard InChI is InChI=1S/C9H16O4/c1-5-3-4-7(13-5)8(10)6(2)9(11)12/h5-8,10H,3-4H2,1-2H3,(H,11,12). The molecule has 0 aliphatic carbocycles. The average molecular weight is 188 g/mol. The first kappa shape index (κ1) is 10.5. The molecule has 1 aliphatic heterocycles. The first-order chi connectivity index (χ1) is 6.02. The number of aliphatic hydroxyl groups excluding tert-OH is 1. The topological polar surface area (TPSA) is 66.8 Å². The third-order valence-corrected chi connectivity index (χ3v) is 2.55. The number of carbonyl (C=O) groups is 1. The number of hydrogen-bond acceptors (Lipinski definition) is 3. The fraction of sp³-hybridized carbons (Fsp3) is 0.889. The van der Waals surface area contributed by atoms with E-state index in [1.54, 1.807) is 0 Å². The smallest absolute Gasteiger partial charge is 0.308 e. The summed E-state index contributed by atoms with van der Waals surface area (Å²) in [7, 11) is 0. The molecule has 4 nitrogen and oxygen atoms in total. The summed E-state index contributed by atoms with van der Waals surface area (Å²) < 4.78 is 5.38. The Morgan fingerprint density at radius 3 is 2.54 bits per heavy atom. The van der Waals surface area contributed by atoms with Gasteiger partial charge in [-0.3, -0.25) is 4.79 Å². The summed E-state index contributed by atoms with van der Waals surface area (Å²) in [5, 5.41) is 18.3. The van der Waals surface area contributed by atoms with Crippen LogP contribution in [-0.4, -0.2) is 34.5 Å². The van der Waals surface area contributed by atoms with Crippen LogP contribution in [0.4, 0.5) is 0 Å². The summed E-state index contributed by atoms with van der Waals surface area (Å²) in [5.74, 6) is -1.73. The van der Waals surface area contributed by atoms with Gasteiger partial charge < -0.3 is 14.9 Å². The molecule has 0 spiro atoms. The molecule has 0 saturated carbocycles. The number of aliphatic carboxylic acids is 1. The maximum atomic E-state index is 10.6. The van der Waals surface area contributed by atoms with Gasteiger partial charge in [0.15, 0.2) is 0 Å². The molecule has 2 N–H and O–H groups in total. The van der Waals surface area contributed by atoms with Gasteiger partial charge in [0.2, 0.25) is 0 Å². The normalized spacial score (nSPS) is 32.8. The van der Waals surface area contributed by atoms with Crippen LogP contribution in [0.5, 0.6) is 0 Å². The maximum absolute atomic E-state index is 10.6. The molecule has 1 heterocycles. The zero-order valence-corrected chi connectivity index (χ0v) is 7.93. The summed E-state index contributed by atoms with van der Waals surface area (Å²) in [4.78, 5) is 10.6. The van der Waals surface area contributed by atoms with Gasteiger partial charge in [-0.05, 0) is 26.7 Å². The van der Waals surface area contributed by atoms with Crippen molar-refractivity contribution in [2.75, 3.05) is 0 Å². The molecular formula is C9H16O4. The molecule has 0 bridgehead atoms. The van der Waals surface area contributed by atoms with Crippen LogP contribution in [0.3, 0.4) is 0 Å². The highest BCUT2D eigenvalue weighted by molar-refractivity contribution is 5.70. The van der Waals surface area contributed by atoms with Crippen LogP contribution in [0.1, 0.15) is 26.7 Å². The van der Waals surface area contributed by atoms with Crippen LogP contribution in [0.25, 0.3) is 0 Å². The van der Waals surface area contributed by atoms with Gasteiger partial charge in [-0.1, -0.05) is 0 Å². The molecule has 1 saturated heterocycles. The minimum atomic E-state index is -0.976. The number of rotatable bonds is 3. The van der Waals surface area contributed by atoms with Gasteiger partial charge in [0, 0.05) is 0 Å². The molecule has 1 fully saturated rings. The fourth-order valence-electron chi connectivity index (χ4n) is 1.55. The SMILES string of the molecule is CC1CCC(C(O)C(C)C(=O)O)O1. The van der Waals surface area contributed by atoms with E-state index in [9.17, 15) is 9.90 Å². The van der Waals surface area contributed by atoms with Crippen molar-refractivity contribution in [2.45, 2.75) is 45.0 Å². The molecule has 1 rings (SSSR count). The lowest BCUT2D eigenvalue weighted by molar-refractivity contribution is -0.149. The van der Waals surface area contributed by atoms with E-state index < -0.39 is 18.0 Å². The van der Waals surface area contributed by atoms with E-state index in [-0.39, 0.29) is 12.2 Å². The van der Waals surface area contributed by atoms with E-state index in [1.165, 1.54) is 6.92 Å². The highest BCUT2D eigenvalue weighted by Crippen LogP contribution is 2.24. The van der Waals surface area contributed by atoms with E-state index >= 15 is 0 Å². The Balaban J connectivity index is 2.47. The maximum Gasteiger partial charge on any atom is 0.308 e. The van der Waals surface area contributed by atoms with Gasteiger partial charge in [-0.2, -0.15) is 0 Å². The van der Waals surface area contributed by atoms with E-state index in [2.05, 4.69) is 0 Å². The van der Waals surface area contributed by atoms with E-state index in [4.69, 9.17) is 9.84 Å². The minimum absolute atomic E-state index is 0.139. The highest BCUT2D eigenvalue weighted by atomic mass is 16.5. The summed E-state index contributed by atoms with van der Waals surface area (Å²) in [6.45, 7) is 3.43. The molecule has 0 amide bonds. The zero-order valence-electron chi connectivity index (χ0n) is 7.93. The van der Waals surface area contributed by atoms with E-state index in [1.807, 2.05) is 6.92 Å². The van der Waals surface area contributed by atoms with Crippen LogP contribution in [-0.2, 0) is 9.53 Å². The molecule has 0 aromatic carbocycles. The fourth-order valence-corrected chi connectivity index (χ4v) is 1.55. The lowest BCUT2D eigenvalue weighted by Crippen LogP contribution is -2.36. The molecule has 4 unspecified atom stereocenters. The lowest BCUT2D eigenvalue weighted by atomic mass is 9.98. The average Bonchev–Trinajstić information content (AvgIpc) is 2.49. The second-order valence-corrected chi connectivity index (χ2v) is 3.68. The van der Waals surface area contributed by atoms with Gasteiger partial charge in [0.1, 0.15) is 0 Å². The van der Waals surface area contributed by atoms with Gasteiger partial charge in [0.05, 0.1) is 24.2 Å². The second-order valence-electron chi connectivity index (χ2n) is 3.68. The molecule has 0 aromatic rings. The van der Waals surface area contributed by atoms with Gasteiger partial charge in [0.25, 0.3) is 0 Å². The Kier molecular flexibility index (Phi) is 3.27. The Hall–Kier alpha value is -0.610. The largest absolute Gasteiger partial charge is 0.481 e. The summed E-state index contributed by atoms with van der Waals surface area (Å²) >= 11 is 0. The Morgan fingerprint density at radius 2 is 2.15 bits per heavy atom. The van der Waals surface area contributed by atoms with Crippen LogP contribution in [0, 0.1) is 5.92 Å². The van der Waals surface area contributed by atoms with Crippen molar-refractivity contribution >= 4 is 5.97 Å². The Bertz CT molecular complexity index is 192. The zero-order chi connectivity index (χ0) is 10.0. The van der Waals surface area contributed by atoms with Gasteiger partial charge >= 0.3 is 5.97 Å². The lowest BCUT2D eigenvalue weighted by Gasteiger charge is -2.21. The number of carboxylic acids is 1. The first-order valence-electron chi connectivity index (χ1n) is 4.58. The molecule has 0 aromatic heterocycles. The molecular weight excluding hydrogens is 172 g/mol. The van der Waals surface area contributed by atoms with Crippen LogP contribution in [0.15, 0.2) is 0 Å². The third kappa shape index (κ3) is 2.42. The van der Waals surface area contributed by atoms with Crippen molar-refractivity contribution in [1.29, 1.82) is 0 Å². The highest BCUT2D eigenvalue weighted by Gasteiger charge is 2.34. The van der Waals surface area contributed by atoms with Gasteiger partial charge in [-0.25, -0.2) is 0 Å². The van der Waals surface area contributed by atoms with Crippen molar-refractivity contribution in [3.8, 4) is 0 Å². The number of hydrogen-bond donors (Lipinski definition) is 2. The monoisotopic (exact) mass is 188 g/mol. The molecule has 13 heavy (non-hydrogen) atoms. The van der Waals surface area contributed by atoms with Crippen LogP contribution >= 0.6 is 0 Å². The quantitative estimate of drug-likeness (QED) is 0.682. The van der Waals surface area contributed by atoms with Crippen molar-refractivity contribution in [2.24, 2.45) is 5.92 Å². The van der Waals surface area contributed by atoms with E-state index in [0.29, 0.717) is 0 Å². The van der Waals surface area contributed by atoms with E-state index in [0.717, 1.165) is 12.8 Å².